The van der Waals surface area contributed by atoms with Gasteiger partial charge in [-0.25, -0.2) is 9.59 Å². The first kappa shape index (κ1) is 15.1. The molecule has 1 aromatic heterocycles. The molecule has 0 amide bonds. The van der Waals surface area contributed by atoms with Crippen LogP contribution in [0.2, 0.25) is 0 Å². The van der Waals surface area contributed by atoms with Gasteiger partial charge in [-0.05, 0) is 13.0 Å². The van der Waals surface area contributed by atoms with E-state index >= 15 is 0 Å². The van der Waals surface area contributed by atoms with E-state index in [0.29, 0.717) is 0 Å². The van der Waals surface area contributed by atoms with Crippen LogP contribution in [0.4, 0.5) is 13.2 Å². The smallest absolute Gasteiger partial charge is 0.418 e. The number of halogens is 3. The Bertz CT molecular complexity index is 655. The molecule has 5 nitrogen and oxygen atoms in total. The zero-order valence-corrected chi connectivity index (χ0v) is 11.5. The Morgan fingerprint density at radius 3 is 2.24 bits per heavy atom. The zero-order valence-electron chi connectivity index (χ0n) is 11.5. The van der Waals surface area contributed by atoms with Crippen molar-refractivity contribution < 1.29 is 32.2 Å². The summed E-state index contributed by atoms with van der Waals surface area (Å²) in [6.07, 6.45) is -4.53. The molecule has 0 bridgehead atoms. The van der Waals surface area contributed by atoms with E-state index in [2.05, 4.69) is 9.47 Å². The fourth-order valence-corrected chi connectivity index (χ4v) is 2.35. The number of carbonyl (C=O) groups excluding carboxylic acids is 2. The molecular weight excluding hydrogens is 291 g/mol. The summed E-state index contributed by atoms with van der Waals surface area (Å²) in [5.41, 5.74) is -1.12. The lowest BCUT2D eigenvalue weighted by atomic mass is 10.1. The van der Waals surface area contributed by atoms with Crippen LogP contribution in [-0.2, 0) is 31.8 Å². The summed E-state index contributed by atoms with van der Waals surface area (Å²) in [5.74, 6) is -1.65. The molecule has 21 heavy (non-hydrogen) atoms. The van der Waals surface area contributed by atoms with Gasteiger partial charge in [-0.15, -0.1) is 0 Å². The Hall–Kier alpha value is -2.25. The second kappa shape index (κ2) is 4.94. The van der Waals surface area contributed by atoms with Gasteiger partial charge in [0.25, 0.3) is 0 Å². The number of rotatable bonds is 2. The highest BCUT2D eigenvalue weighted by Crippen LogP contribution is 2.39. The van der Waals surface area contributed by atoms with Gasteiger partial charge in [-0.3, -0.25) is 0 Å². The van der Waals surface area contributed by atoms with E-state index in [1.807, 2.05) is 0 Å². The second-order valence-corrected chi connectivity index (χ2v) is 4.45. The van der Waals surface area contributed by atoms with E-state index in [-0.39, 0.29) is 29.1 Å². The monoisotopic (exact) mass is 303 g/mol. The number of esters is 2. The third-order valence-corrected chi connectivity index (χ3v) is 3.37. The average Bonchev–Trinajstić information content (AvgIpc) is 2.94. The minimum atomic E-state index is -4.53. The van der Waals surface area contributed by atoms with Crippen molar-refractivity contribution in [3.63, 3.8) is 0 Å². The van der Waals surface area contributed by atoms with Crippen LogP contribution >= 0.6 is 0 Å². The predicted molar refractivity (Wildman–Crippen MR) is 65.1 cm³/mol. The van der Waals surface area contributed by atoms with Gasteiger partial charge < -0.3 is 14.0 Å². The Balaban J connectivity index is 2.64. The summed E-state index contributed by atoms with van der Waals surface area (Å²) < 4.78 is 49.1. The molecule has 0 fully saturated rings. The minimum absolute atomic E-state index is 0.00655. The summed E-state index contributed by atoms with van der Waals surface area (Å²) in [6.45, 7) is 1.12. The SMILES string of the molecule is COC(=O)C1=C(C(=O)OC)c2cc(C(F)(F)F)c(C)n2C1. The van der Waals surface area contributed by atoms with E-state index in [4.69, 9.17) is 0 Å². The molecule has 8 heteroatoms. The van der Waals surface area contributed by atoms with E-state index < -0.39 is 23.7 Å². The number of hydrogen-bond acceptors (Lipinski definition) is 4. The molecule has 0 saturated heterocycles. The predicted octanol–water partition coefficient (Wildman–Crippen LogP) is 1.93. The molecule has 1 aromatic rings. The molecule has 0 N–H and O–H groups in total. The number of carbonyl (C=O) groups is 2. The molecule has 0 atom stereocenters. The maximum absolute atomic E-state index is 12.9. The fraction of sp³-hybridized carbons (Fsp3) is 0.385. The van der Waals surface area contributed by atoms with Crippen LogP contribution < -0.4 is 0 Å². The Morgan fingerprint density at radius 1 is 1.19 bits per heavy atom. The van der Waals surface area contributed by atoms with Gasteiger partial charge >= 0.3 is 18.1 Å². The van der Waals surface area contributed by atoms with Gasteiger partial charge in [0.2, 0.25) is 0 Å². The molecule has 2 heterocycles. The molecule has 0 aliphatic carbocycles. The van der Waals surface area contributed by atoms with E-state index in [0.717, 1.165) is 20.3 Å². The van der Waals surface area contributed by atoms with Gasteiger partial charge in [0.05, 0.1) is 43.2 Å². The average molecular weight is 303 g/mol. The van der Waals surface area contributed by atoms with Gasteiger partial charge in [-0.1, -0.05) is 0 Å². The molecule has 114 valence electrons. The third kappa shape index (κ3) is 2.30. The summed E-state index contributed by atoms with van der Waals surface area (Å²) in [5, 5.41) is 0. The van der Waals surface area contributed by atoms with Crippen LogP contribution in [0.3, 0.4) is 0 Å². The van der Waals surface area contributed by atoms with E-state index in [1.165, 1.54) is 11.5 Å². The molecule has 0 spiro atoms. The van der Waals surface area contributed by atoms with Gasteiger partial charge in [0, 0.05) is 5.69 Å². The first-order valence-corrected chi connectivity index (χ1v) is 5.89. The Morgan fingerprint density at radius 2 is 1.76 bits per heavy atom. The highest BCUT2D eigenvalue weighted by molar-refractivity contribution is 6.23. The topological polar surface area (TPSA) is 57.5 Å². The van der Waals surface area contributed by atoms with Crippen molar-refractivity contribution >= 4 is 17.5 Å². The molecular formula is C13H12F3NO4. The fourth-order valence-electron chi connectivity index (χ4n) is 2.35. The van der Waals surface area contributed by atoms with Crippen molar-refractivity contribution in [2.24, 2.45) is 0 Å². The number of ether oxygens (including phenoxy) is 2. The van der Waals surface area contributed by atoms with Gasteiger partial charge in [-0.2, -0.15) is 13.2 Å². The molecule has 2 rings (SSSR count). The standard InChI is InChI=1S/C13H12F3NO4/c1-6-8(13(14,15)16)4-9-10(12(19)21-3)7(5-17(6)9)11(18)20-2/h4H,5H2,1-3H3. The minimum Gasteiger partial charge on any atom is -0.466 e. The maximum atomic E-state index is 12.9. The quantitative estimate of drug-likeness (QED) is 0.783. The molecule has 0 unspecified atom stereocenters. The van der Waals surface area contributed by atoms with Crippen molar-refractivity contribution in [2.45, 2.75) is 19.6 Å². The number of fused-ring (bicyclic) bond motifs is 1. The van der Waals surface area contributed by atoms with Crippen LogP contribution in [0.15, 0.2) is 11.6 Å². The number of aromatic nitrogens is 1. The summed E-state index contributed by atoms with van der Waals surface area (Å²) in [6, 6.07) is 0.845. The first-order valence-electron chi connectivity index (χ1n) is 5.89. The van der Waals surface area contributed by atoms with Gasteiger partial charge in [0.15, 0.2) is 0 Å². The lowest BCUT2D eigenvalue weighted by Crippen LogP contribution is -2.13. The van der Waals surface area contributed by atoms with Crippen LogP contribution in [0.5, 0.6) is 0 Å². The first-order chi connectivity index (χ1) is 9.72. The number of nitrogens with zero attached hydrogens (tertiary/aromatic N) is 1. The third-order valence-electron chi connectivity index (χ3n) is 3.37. The van der Waals surface area contributed by atoms with E-state index in [9.17, 15) is 22.8 Å². The maximum Gasteiger partial charge on any atom is 0.418 e. The summed E-state index contributed by atoms with van der Waals surface area (Å²) >= 11 is 0. The number of methoxy groups -OCH3 is 2. The zero-order chi connectivity index (χ0) is 15.9. The summed E-state index contributed by atoms with van der Waals surface area (Å²) in [7, 11) is 2.22. The molecule has 1 aliphatic rings. The van der Waals surface area contributed by atoms with Crippen molar-refractivity contribution in [1.82, 2.24) is 4.57 Å². The van der Waals surface area contributed by atoms with Crippen molar-refractivity contribution in [1.29, 1.82) is 0 Å². The molecule has 1 aliphatic heterocycles. The lowest BCUT2D eigenvalue weighted by molar-refractivity contribution is -0.138. The Kier molecular flexibility index (Phi) is 3.56. The number of alkyl halides is 3. The van der Waals surface area contributed by atoms with Crippen LogP contribution in [0.1, 0.15) is 17.0 Å². The Labute approximate surface area is 117 Å². The molecule has 0 radical (unpaired) electrons. The van der Waals surface area contributed by atoms with Crippen molar-refractivity contribution in [2.75, 3.05) is 14.2 Å². The van der Waals surface area contributed by atoms with Gasteiger partial charge in [0.1, 0.15) is 0 Å². The second-order valence-electron chi connectivity index (χ2n) is 4.45. The van der Waals surface area contributed by atoms with Crippen molar-refractivity contribution in [3.05, 3.63) is 28.6 Å². The normalized spacial score (nSPS) is 14.2. The van der Waals surface area contributed by atoms with Crippen LogP contribution in [0, 0.1) is 6.92 Å². The van der Waals surface area contributed by atoms with Crippen LogP contribution in [0.25, 0.3) is 5.57 Å². The largest absolute Gasteiger partial charge is 0.466 e. The molecule has 0 saturated carbocycles. The highest BCUT2D eigenvalue weighted by atomic mass is 19.4. The highest BCUT2D eigenvalue weighted by Gasteiger charge is 2.40. The van der Waals surface area contributed by atoms with Crippen LogP contribution in [-0.4, -0.2) is 30.7 Å². The van der Waals surface area contributed by atoms with Crippen molar-refractivity contribution in [3.8, 4) is 0 Å². The van der Waals surface area contributed by atoms with E-state index in [1.54, 1.807) is 0 Å². The number of hydrogen-bond donors (Lipinski definition) is 0. The summed E-state index contributed by atoms with van der Waals surface area (Å²) in [4.78, 5) is 23.5. The molecule has 0 aromatic carbocycles. The lowest BCUT2D eigenvalue weighted by Gasteiger charge is -2.08.